The summed E-state index contributed by atoms with van der Waals surface area (Å²) >= 11 is 1.66. The average molecular weight is 334 g/mol. The normalized spacial score (nSPS) is 14.4. The molecule has 1 aliphatic rings. The molecule has 1 aliphatic carbocycles. The number of fused-ring (bicyclic) bond motifs is 1. The molecule has 3 aromatic rings. The summed E-state index contributed by atoms with van der Waals surface area (Å²) in [5, 5.41) is 0. The smallest absolute Gasteiger partial charge is 0.279 e. The molecule has 0 spiro atoms. The minimum absolute atomic E-state index is 0.182. The molecule has 0 aliphatic heterocycles. The molecule has 1 heterocycles. The van der Waals surface area contributed by atoms with Crippen LogP contribution in [0.15, 0.2) is 65.7 Å². The molecule has 4 heteroatoms. The van der Waals surface area contributed by atoms with Crippen molar-refractivity contribution in [2.45, 2.75) is 25.7 Å². The number of aromatic nitrogens is 1. The van der Waals surface area contributed by atoms with Gasteiger partial charge < -0.3 is 0 Å². The number of hydrogen-bond acceptors (Lipinski definition) is 2. The molecule has 2 aromatic carbocycles. The highest BCUT2D eigenvalue weighted by atomic mass is 32.1. The van der Waals surface area contributed by atoms with Crippen molar-refractivity contribution >= 4 is 17.2 Å². The summed E-state index contributed by atoms with van der Waals surface area (Å²) in [6.07, 6.45) is 4.55. The maximum absolute atomic E-state index is 12.5. The Morgan fingerprint density at radius 2 is 1.58 bits per heavy atom. The van der Waals surface area contributed by atoms with Crippen LogP contribution < -0.4 is 4.80 Å². The van der Waals surface area contributed by atoms with Crippen molar-refractivity contribution in [3.63, 3.8) is 0 Å². The van der Waals surface area contributed by atoms with E-state index in [1.165, 1.54) is 23.4 Å². The molecule has 0 unspecified atom stereocenters. The van der Waals surface area contributed by atoms with E-state index < -0.39 is 0 Å². The Bertz CT molecular complexity index is 923. The molecular weight excluding hydrogens is 316 g/mol. The van der Waals surface area contributed by atoms with Gasteiger partial charge in [0.05, 0.1) is 0 Å². The van der Waals surface area contributed by atoms with Crippen LogP contribution in [0.5, 0.6) is 0 Å². The summed E-state index contributed by atoms with van der Waals surface area (Å²) in [6.45, 7) is 0. The van der Waals surface area contributed by atoms with Gasteiger partial charge in [-0.2, -0.15) is 4.99 Å². The van der Waals surface area contributed by atoms with Crippen LogP contribution in [-0.4, -0.2) is 10.5 Å². The van der Waals surface area contributed by atoms with Crippen LogP contribution in [0.25, 0.3) is 5.69 Å². The van der Waals surface area contributed by atoms with Crippen LogP contribution in [-0.2, 0) is 12.8 Å². The van der Waals surface area contributed by atoms with E-state index in [1.54, 1.807) is 11.3 Å². The molecule has 0 fully saturated rings. The molecule has 1 aromatic heterocycles. The second kappa shape index (κ2) is 6.57. The molecule has 3 nitrogen and oxygen atoms in total. The van der Waals surface area contributed by atoms with Crippen molar-refractivity contribution < 1.29 is 4.79 Å². The van der Waals surface area contributed by atoms with Gasteiger partial charge in [-0.3, -0.25) is 9.36 Å². The van der Waals surface area contributed by atoms with Crippen LogP contribution >= 0.6 is 11.3 Å². The summed E-state index contributed by atoms with van der Waals surface area (Å²) in [5.41, 5.74) is 3.03. The monoisotopic (exact) mass is 334 g/mol. The van der Waals surface area contributed by atoms with Crippen molar-refractivity contribution in [2.75, 3.05) is 0 Å². The zero-order valence-electron chi connectivity index (χ0n) is 13.3. The number of nitrogens with zero attached hydrogens (tertiary/aromatic N) is 2. The molecule has 24 heavy (non-hydrogen) atoms. The van der Waals surface area contributed by atoms with Gasteiger partial charge in [-0.25, -0.2) is 0 Å². The summed E-state index contributed by atoms with van der Waals surface area (Å²) in [6, 6.07) is 19.5. The molecule has 4 rings (SSSR count). The van der Waals surface area contributed by atoms with Gasteiger partial charge in [0.25, 0.3) is 5.91 Å². The first kappa shape index (κ1) is 15.1. The van der Waals surface area contributed by atoms with Gasteiger partial charge in [0.1, 0.15) is 0 Å². The van der Waals surface area contributed by atoms with E-state index in [0.29, 0.717) is 5.56 Å². The molecule has 0 saturated heterocycles. The molecule has 0 saturated carbocycles. The highest BCUT2D eigenvalue weighted by molar-refractivity contribution is 7.09. The van der Waals surface area contributed by atoms with Crippen molar-refractivity contribution in [2.24, 2.45) is 4.99 Å². The Morgan fingerprint density at radius 3 is 2.33 bits per heavy atom. The molecule has 0 radical (unpaired) electrons. The van der Waals surface area contributed by atoms with E-state index in [2.05, 4.69) is 21.7 Å². The lowest BCUT2D eigenvalue weighted by Crippen LogP contribution is -2.18. The number of hydrogen-bond donors (Lipinski definition) is 0. The Balaban J connectivity index is 1.88. The van der Waals surface area contributed by atoms with Crippen LogP contribution in [0.4, 0.5) is 0 Å². The highest BCUT2D eigenvalue weighted by Gasteiger charge is 2.18. The summed E-state index contributed by atoms with van der Waals surface area (Å²) in [5.74, 6) is -0.182. The average Bonchev–Trinajstić information content (AvgIpc) is 3.01. The van der Waals surface area contributed by atoms with E-state index in [1.807, 2.05) is 48.5 Å². The zero-order chi connectivity index (χ0) is 16.4. The van der Waals surface area contributed by atoms with E-state index >= 15 is 0 Å². The number of amides is 1. The lowest BCUT2D eigenvalue weighted by atomic mass is 10.0. The second-order valence-corrected chi connectivity index (χ2v) is 6.98. The SMILES string of the molecule is O=C(N=c1sc2c(n1-c1ccccc1)CCCC2)c1ccccc1. The number of rotatable bonds is 2. The van der Waals surface area contributed by atoms with Gasteiger partial charge in [0, 0.05) is 21.8 Å². The predicted octanol–water partition coefficient (Wildman–Crippen LogP) is 4.16. The quantitative estimate of drug-likeness (QED) is 0.693. The zero-order valence-corrected chi connectivity index (χ0v) is 14.1. The van der Waals surface area contributed by atoms with Gasteiger partial charge in [-0.1, -0.05) is 36.4 Å². The number of aryl methyl sites for hydroxylation is 1. The highest BCUT2D eigenvalue weighted by Crippen LogP contribution is 2.26. The number of benzene rings is 2. The first-order valence-corrected chi connectivity index (χ1v) is 9.08. The van der Waals surface area contributed by atoms with Crippen LogP contribution in [0.1, 0.15) is 33.8 Å². The van der Waals surface area contributed by atoms with E-state index in [0.717, 1.165) is 23.3 Å². The van der Waals surface area contributed by atoms with Gasteiger partial charge >= 0.3 is 0 Å². The fraction of sp³-hybridized carbons (Fsp3) is 0.200. The van der Waals surface area contributed by atoms with E-state index in [-0.39, 0.29) is 5.91 Å². The Hall–Kier alpha value is -2.46. The fourth-order valence-electron chi connectivity index (χ4n) is 3.13. The third-order valence-corrected chi connectivity index (χ3v) is 5.44. The van der Waals surface area contributed by atoms with Crippen molar-refractivity contribution in [1.29, 1.82) is 0 Å². The third-order valence-electron chi connectivity index (χ3n) is 4.30. The van der Waals surface area contributed by atoms with Gasteiger partial charge in [0.15, 0.2) is 4.80 Å². The summed E-state index contributed by atoms with van der Waals surface area (Å²) < 4.78 is 2.17. The van der Waals surface area contributed by atoms with Crippen molar-refractivity contribution in [3.8, 4) is 5.69 Å². The van der Waals surface area contributed by atoms with E-state index in [9.17, 15) is 4.79 Å². The minimum Gasteiger partial charge on any atom is -0.289 e. The second-order valence-electron chi connectivity index (χ2n) is 5.92. The molecule has 120 valence electrons. The van der Waals surface area contributed by atoms with Crippen molar-refractivity contribution in [3.05, 3.63) is 81.6 Å². The number of thiazole rings is 1. The molecule has 0 N–H and O–H groups in total. The van der Waals surface area contributed by atoms with Crippen LogP contribution in [0.2, 0.25) is 0 Å². The number of carbonyl (C=O) groups excluding carboxylic acids is 1. The van der Waals surface area contributed by atoms with Crippen LogP contribution in [0.3, 0.4) is 0 Å². The standard InChI is InChI=1S/C20H18N2OS/c23-19(15-9-3-1-4-10-15)21-20-22(16-11-5-2-6-12-16)17-13-7-8-14-18(17)24-20/h1-6,9-12H,7-8,13-14H2. The molecule has 0 atom stereocenters. The molecule has 0 bridgehead atoms. The fourth-order valence-corrected chi connectivity index (χ4v) is 4.34. The largest absolute Gasteiger partial charge is 0.289 e. The third kappa shape index (κ3) is 2.85. The molecular formula is C20H18N2OS. The summed E-state index contributed by atoms with van der Waals surface area (Å²) in [7, 11) is 0. The number of para-hydroxylation sites is 1. The van der Waals surface area contributed by atoms with Gasteiger partial charge in [-0.05, 0) is 49.9 Å². The Kier molecular flexibility index (Phi) is 4.13. The first-order chi connectivity index (χ1) is 11.8. The van der Waals surface area contributed by atoms with Crippen molar-refractivity contribution in [1.82, 2.24) is 4.57 Å². The first-order valence-electron chi connectivity index (χ1n) is 8.26. The summed E-state index contributed by atoms with van der Waals surface area (Å²) in [4.78, 5) is 19.1. The van der Waals surface area contributed by atoms with Gasteiger partial charge in [0.2, 0.25) is 0 Å². The Morgan fingerprint density at radius 1 is 0.917 bits per heavy atom. The minimum atomic E-state index is -0.182. The Labute approximate surface area is 144 Å². The lowest BCUT2D eigenvalue weighted by Gasteiger charge is -2.14. The predicted molar refractivity (Wildman–Crippen MR) is 96.6 cm³/mol. The molecule has 1 amide bonds. The lowest BCUT2D eigenvalue weighted by molar-refractivity contribution is 0.0998. The topological polar surface area (TPSA) is 34.4 Å². The van der Waals surface area contributed by atoms with Gasteiger partial charge in [-0.15, -0.1) is 11.3 Å². The maximum Gasteiger partial charge on any atom is 0.279 e. The van der Waals surface area contributed by atoms with E-state index in [4.69, 9.17) is 0 Å². The number of carbonyl (C=O) groups is 1. The maximum atomic E-state index is 12.5. The van der Waals surface area contributed by atoms with Crippen LogP contribution in [0, 0.1) is 0 Å².